The van der Waals surface area contributed by atoms with Crippen molar-refractivity contribution in [2.45, 2.75) is 0 Å². The van der Waals surface area contributed by atoms with Crippen LogP contribution in [0.4, 0.5) is 0 Å². The Bertz CT molecular complexity index is 489. The Morgan fingerprint density at radius 3 is 2.50 bits per heavy atom. The second kappa shape index (κ2) is 5.67. The average Bonchev–Trinajstić information content (AvgIpc) is 2.46. The summed E-state index contributed by atoms with van der Waals surface area (Å²) in [5.41, 5.74) is 0.760. The SMILES string of the molecule is O=C(CNC(=O)c1cccnn1)c1ccccc1. The standard InChI is InChI=1S/C13H11N3O2/c17-12(10-5-2-1-3-6-10)9-14-13(18)11-7-4-8-15-16-11/h1-8H,9H2,(H,14,18). The number of aromatic nitrogens is 2. The lowest BCUT2D eigenvalue weighted by atomic mass is 10.1. The maximum absolute atomic E-state index is 11.7. The monoisotopic (exact) mass is 241 g/mol. The molecular weight excluding hydrogens is 230 g/mol. The van der Waals surface area contributed by atoms with E-state index in [4.69, 9.17) is 0 Å². The summed E-state index contributed by atoms with van der Waals surface area (Å²) in [6.45, 7) is -0.0561. The number of carbonyl (C=O) groups is 2. The molecule has 1 N–H and O–H groups in total. The van der Waals surface area contributed by atoms with Gasteiger partial charge in [-0.1, -0.05) is 30.3 Å². The Kier molecular flexibility index (Phi) is 3.76. The van der Waals surface area contributed by atoms with E-state index in [2.05, 4.69) is 15.5 Å². The molecule has 0 aliphatic carbocycles. The molecule has 0 aliphatic heterocycles. The molecule has 0 bridgehead atoms. The van der Waals surface area contributed by atoms with Crippen molar-refractivity contribution in [1.82, 2.24) is 15.5 Å². The molecule has 0 atom stereocenters. The molecule has 5 nitrogen and oxygen atoms in total. The molecule has 0 saturated heterocycles. The van der Waals surface area contributed by atoms with E-state index in [0.717, 1.165) is 0 Å². The molecule has 5 heteroatoms. The Morgan fingerprint density at radius 2 is 1.83 bits per heavy atom. The minimum atomic E-state index is -0.410. The third kappa shape index (κ3) is 2.98. The number of Topliss-reactive ketones (excluding diaryl/α,β-unsaturated/α-hetero) is 1. The highest BCUT2D eigenvalue weighted by atomic mass is 16.2. The fraction of sp³-hybridized carbons (Fsp3) is 0.0769. The zero-order chi connectivity index (χ0) is 12.8. The van der Waals surface area contributed by atoms with Gasteiger partial charge in [-0.15, -0.1) is 5.10 Å². The van der Waals surface area contributed by atoms with Crippen LogP contribution >= 0.6 is 0 Å². The summed E-state index contributed by atoms with van der Waals surface area (Å²) in [7, 11) is 0. The Hall–Kier alpha value is -2.56. The van der Waals surface area contributed by atoms with Crippen LogP contribution in [0.5, 0.6) is 0 Å². The molecule has 1 aromatic heterocycles. The molecule has 0 unspecified atom stereocenters. The number of hydrogen-bond acceptors (Lipinski definition) is 4. The van der Waals surface area contributed by atoms with E-state index in [-0.39, 0.29) is 18.0 Å². The van der Waals surface area contributed by atoms with E-state index in [1.807, 2.05) is 6.07 Å². The lowest BCUT2D eigenvalue weighted by Crippen LogP contribution is -2.30. The van der Waals surface area contributed by atoms with Gasteiger partial charge in [0, 0.05) is 11.8 Å². The minimum absolute atomic E-state index is 0.0561. The van der Waals surface area contributed by atoms with Gasteiger partial charge in [0.1, 0.15) is 0 Å². The highest BCUT2D eigenvalue weighted by Gasteiger charge is 2.10. The van der Waals surface area contributed by atoms with E-state index < -0.39 is 5.91 Å². The second-order valence-electron chi connectivity index (χ2n) is 3.58. The smallest absolute Gasteiger partial charge is 0.272 e. The van der Waals surface area contributed by atoms with Crippen LogP contribution in [0.2, 0.25) is 0 Å². The third-order valence-electron chi connectivity index (χ3n) is 2.31. The third-order valence-corrected chi connectivity index (χ3v) is 2.31. The zero-order valence-electron chi connectivity index (χ0n) is 9.54. The summed E-state index contributed by atoms with van der Waals surface area (Å²) in [5.74, 6) is -0.555. The topological polar surface area (TPSA) is 72.0 Å². The number of hydrogen-bond donors (Lipinski definition) is 1. The second-order valence-corrected chi connectivity index (χ2v) is 3.58. The van der Waals surface area contributed by atoms with Crippen molar-refractivity contribution < 1.29 is 9.59 Å². The number of carbonyl (C=O) groups excluding carboxylic acids is 2. The van der Waals surface area contributed by atoms with Crippen LogP contribution in [0, 0.1) is 0 Å². The van der Waals surface area contributed by atoms with Gasteiger partial charge in [0.15, 0.2) is 11.5 Å². The van der Waals surface area contributed by atoms with Gasteiger partial charge in [0.05, 0.1) is 6.54 Å². The first kappa shape index (κ1) is 11.9. The van der Waals surface area contributed by atoms with Crippen molar-refractivity contribution in [3.8, 4) is 0 Å². The largest absolute Gasteiger partial charge is 0.343 e. The molecule has 0 saturated carbocycles. The molecule has 1 amide bonds. The molecule has 0 spiro atoms. The molecule has 1 heterocycles. The lowest BCUT2D eigenvalue weighted by molar-refractivity contribution is 0.0900. The van der Waals surface area contributed by atoms with Gasteiger partial charge >= 0.3 is 0 Å². The van der Waals surface area contributed by atoms with Gasteiger partial charge in [-0.3, -0.25) is 9.59 Å². The Labute approximate surface area is 104 Å². The van der Waals surface area contributed by atoms with Crippen molar-refractivity contribution in [1.29, 1.82) is 0 Å². The normalized spacial score (nSPS) is 9.78. The fourth-order valence-corrected chi connectivity index (χ4v) is 1.40. The average molecular weight is 241 g/mol. The van der Waals surface area contributed by atoms with Gasteiger partial charge < -0.3 is 5.32 Å². The molecule has 2 aromatic rings. The van der Waals surface area contributed by atoms with Crippen LogP contribution in [0.15, 0.2) is 48.7 Å². The lowest BCUT2D eigenvalue weighted by Gasteiger charge is -2.03. The van der Waals surface area contributed by atoms with E-state index in [1.54, 1.807) is 30.3 Å². The van der Waals surface area contributed by atoms with Crippen LogP contribution in [0.3, 0.4) is 0 Å². The fourth-order valence-electron chi connectivity index (χ4n) is 1.40. The summed E-state index contributed by atoms with van der Waals surface area (Å²) in [6.07, 6.45) is 1.48. The van der Waals surface area contributed by atoms with Crippen molar-refractivity contribution in [2.24, 2.45) is 0 Å². The molecule has 0 aliphatic rings. The van der Waals surface area contributed by atoms with Crippen molar-refractivity contribution in [2.75, 3.05) is 6.54 Å². The van der Waals surface area contributed by atoms with Crippen molar-refractivity contribution >= 4 is 11.7 Å². The Balaban J connectivity index is 1.93. The maximum atomic E-state index is 11.7. The van der Waals surface area contributed by atoms with Gasteiger partial charge in [-0.25, -0.2) is 0 Å². The molecule has 0 fully saturated rings. The summed E-state index contributed by atoms with van der Waals surface area (Å²) in [5, 5.41) is 9.76. The van der Waals surface area contributed by atoms with E-state index in [9.17, 15) is 9.59 Å². The van der Waals surface area contributed by atoms with Gasteiger partial charge in [-0.2, -0.15) is 5.10 Å². The van der Waals surface area contributed by atoms with Crippen molar-refractivity contribution in [3.05, 3.63) is 59.9 Å². The number of amides is 1. The maximum Gasteiger partial charge on any atom is 0.272 e. The number of benzene rings is 1. The minimum Gasteiger partial charge on any atom is -0.343 e. The van der Waals surface area contributed by atoms with Crippen molar-refractivity contribution in [3.63, 3.8) is 0 Å². The number of nitrogens with zero attached hydrogens (tertiary/aromatic N) is 2. The van der Waals surface area contributed by atoms with Gasteiger partial charge in [0.25, 0.3) is 5.91 Å². The predicted octanol–water partition coefficient (Wildman–Crippen LogP) is 1.09. The molecule has 1 aromatic carbocycles. The zero-order valence-corrected chi connectivity index (χ0v) is 9.54. The molecule has 90 valence electrons. The Morgan fingerprint density at radius 1 is 1.06 bits per heavy atom. The summed E-state index contributed by atoms with van der Waals surface area (Å²) < 4.78 is 0. The molecular formula is C13H11N3O2. The van der Waals surface area contributed by atoms with Gasteiger partial charge in [0.2, 0.25) is 0 Å². The van der Waals surface area contributed by atoms with Crippen LogP contribution in [0.1, 0.15) is 20.8 Å². The van der Waals surface area contributed by atoms with E-state index in [0.29, 0.717) is 5.56 Å². The first-order valence-corrected chi connectivity index (χ1v) is 5.41. The first-order valence-electron chi connectivity index (χ1n) is 5.41. The molecule has 2 rings (SSSR count). The number of rotatable bonds is 4. The number of ketones is 1. The highest BCUT2D eigenvalue weighted by molar-refractivity contribution is 6.01. The molecule has 18 heavy (non-hydrogen) atoms. The van der Waals surface area contributed by atoms with Crippen LogP contribution < -0.4 is 5.32 Å². The molecule has 0 radical (unpaired) electrons. The van der Waals surface area contributed by atoms with Crippen LogP contribution in [-0.2, 0) is 0 Å². The first-order chi connectivity index (χ1) is 8.77. The van der Waals surface area contributed by atoms with Gasteiger partial charge in [-0.05, 0) is 12.1 Å². The summed E-state index contributed by atoms with van der Waals surface area (Å²) in [4.78, 5) is 23.3. The van der Waals surface area contributed by atoms with Crippen LogP contribution in [-0.4, -0.2) is 28.4 Å². The quantitative estimate of drug-likeness (QED) is 0.813. The summed E-state index contributed by atoms with van der Waals surface area (Å²) >= 11 is 0. The number of nitrogens with one attached hydrogen (secondary N) is 1. The summed E-state index contributed by atoms with van der Waals surface area (Å²) in [6, 6.07) is 11.9. The van der Waals surface area contributed by atoms with E-state index in [1.165, 1.54) is 12.3 Å². The highest BCUT2D eigenvalue weighted by Crippen LogP contribution is 1.99. The van der Waals surface area contributed by atoms with Crippen LogP contribution in [0.25, 0.3) is 0 Å². The van der Waals surface area contributed by atoms with E-state index >= 15 is 0 Å². The predicted molar refractivity (Wildman–Crippen MR) is 65.1 cm³/mol.